The molecule has 0 spiro atoms. The summed E-state index contributed by atoms with van der Waals surface area (Å²) in [6.07, 6.45) is 0. The highest BCUT2D eigenvalue weighted by atomic mass is 32.1. The minimum absolute atomic E-state index is 0.0294. The van der Waals surface area contributed by atoms with Crippen LogP contribution < -0.4 is 10.6 Å². The SMILES string of the molecule is CC(C)(S)CNCCNC(CN1CCN(Cc2ccccc2)CC1)C(C)(C)S. The molecule has 6 heteroatoms. The number of thiol groups is 2. The van der Waals surface area contributed by atoms with Crippen molar-refractivity contribution in [3.05, 3.63) is 35.9 Å². The molecule has 28 heavy (non-hydrogen) atoms. The summed E-state index contributed by atoms with van der Waals surface area (Å²) in [6.45, 7) is 18.1. The van der Waals surface area contributed by atoms with Crippen LogP contribution in [0.5, 0.6) is 0 Å². The molecule has 0 bridgehead atoms. The van der Waals surface area contributed by atoms with Crippen molar-refractivity contribution in [1.82, 2.24) is 20.4 Å². The first-order chi connectivity index (χ1) is 13.1. The fourth-order valence-corrected chi connectivity index (χ4v) is 3.78. The van der Waals surface area contributed by atoms with Crippen molar-refractivity contribution in [2.24, 2.45) is 0 Å². The van der Waals surface area contributed by atoms with Crippen molar-refractivity contribution in [3.8, 4) is 0 Å². The highest BCUT2D eigenvalue weighted by molar-refractivity contribution is 7.82. The Morgan fingerprint density at radius 3 is 2.11 bits per heavy atom. The summed E-state index contributed by atoms with van der Waals surface area (Å²) in [7, 11) is 0. The van der Waals surface area contributed by atoms with Crippen molar-refractivity contribution in [2.45, 2.75) is 49.8 Å². The second-order valence-corrected chi connectivity index (χ2v) is 11.6. The molecule has 4 nitrogen and oxygen atoms in total. The molecule has 1 fully saturated rings. The molecule has 1 aliphatic heterocycles. The van der Waals surface area contributed by atoms with Gasteiger partial charge in [0.1, 0.15) is 0 Å². The molecule has 0 radical (unpaired) electrons. The number of rotatable bonds is 11. The topological polar surface area (TPSA) is 30.5 Å². The first-order valence-electron chi connectivity index (χ1n) is 10.5. The Balaban J connectivity index is 1.72. The predicted octanol–water partition coefficient (Wildman–Crippen LogP) is 2.77. The number of piperazine rings is 1. The van der Waals surface area contributed by atoms with E-state index in [2.05, 4.69) is 91.1 Å². The van der Waals surface area contributed by atoms with E-state index in [1.807, 2.05) is 0 Å². The van der Waals surface area contributed by atoms with E-state index in [1.165, 1.54) is 5.56 Å². The molecule has 1 saturated heterocycles. The molecule has 1 aliphatic rings. The standard InChI is InChI=1S/C22H40N4S2/c1-21(2,27)18-23-10-11-24-20(22(3,4)28)17-26-14-12-25(13-15-26)16-19-8-6-5-7-9-19/h5-9,20,23-24,27-28H,10-18H2,1-4H3. The third kappa shape index (κ3) is 9.51. The maximum absolute atomic E-state index is 4.87. The third-order valence-electron chi connectivity index (χ3n) is 5.26. The first-order valence-corrected chi connectivity index (χ1v) is 11.4. The van der Waals surface area contributed by atoms with E-state index in [0.29, 0.717) is 6.04 Å². The van der Waals surface area contributed by atoms with Crippen LogP contribution in [0.2, 0.25) is 0 Å². The van der Waals surface area contributed by atoms with Gasteiger partial charge in [0.05, 0.1) is 0 Å². The molecule has 1 aromatic rings. The summed E-state index contributed by atoms with van der Waals surface area (Å²) in [4.78, 5) is 5.14. The van der Waals surface area contributed by atoms with E-state index in [4.69, 9.17) is 12.6 Å². The van der Waals surface area contributed by atoms with Gasteiger partial charge in [-0.05, 0) is 33.3 Å². The Bertz CT molecular complexity index is 546. The lowest BCUT2D eigenvalue weighted by Gasteiger charge is -2.40. The van der Waals surface area contributed by atoms with E-state index < -0.39 is 0 Å². The van der Waals surface area contributed by atoms with Gasteiger partial charge in [-0.1, -0.05) is 30.3 Å². The molecule has 2 N–H and O–H groups in total. The Morgan fingerprint density at radius 2 is 1.54 bits per heavy atom. The quantitative estimate of drug-likeness (QED) is 0.325. The van der Waals surface area contributed by atoms with Gasteiger partial charge in [-0.25, -0.2) is 0 Å². The van der Waals surface area contributed by atoms with Crippen LogP contribution in [-0.2, 0) is 6.54 Å². The first kappa shape index (κ1) is 24.0. The predicted molar refractivity (Wildman–Crippen MR) is 129 cm³/mol. The van der Waals surface area contributed by atoms with Crippen LogP contribution in [0.25, 0.3) is 0 Å². The summed E-state index contributed by atoms with van der Waals surface area (Å²) in [5.41, 5.74) is 1.41. The van der Waals surface area contributed by atoms with E-state index in [-0.39, 0.29) is 9.49 Å². The number of nitrogens with one attached hydrogen (secondary N) is 2. The molecule has 1 atom stereocenters. The van der Waals surface area contributed by atoms with Gasteiger partial charge in [-0.3, -0.25) is 9.80 Å². The van der Waals surface area contributed by atoms with Gasteiger partial charge in [0.2, 0.25) is 0 Å². The van der Waals surface area contributed by atoms with Gasteiger partial charge in [-0.2, -0.15) is 25.3 Å². The average Bonchev–Trinajstić information content (AvgIpc) is 2.61. The van der Waals surface area contributed by atoms with E-state index >= 15 is 0 Å². The van der Waals surface area contributed by atoms with Crippen LogP contribution in [0.4, 0.5) is 0 Å². The molecule has 1 aromatic carbocycles. The van der Waals surface area contributed by atoms with Gasteiger partial charge < -0.3 is 10.6 Å². The molecule has 1 unspecified atom stereocenters. The molecule has 1 heterocycles. The molecular formula is C22H40N4S2. The van der Waals surface area contributed by atoms with Crippen molar-refractivity contribution >= 4 is 25.3 Å². The number of hydrogen-bond acceptors (Lipinski definition) is 6. The van der Waals surface area contributed by atoms with Crippen LogP contribution in [0.1, 0.15) is 33.3 Å². The lowest BCUT2D eigenvalue weighted by atomic mass is 10.0. The van der Waals surface area contributed by atoms with Crippen LogP contribution in [0.3, 0.4) is 0 Å². The fraction of sp³-hybridized carbons (Fsp3) is 0.727. The summed E-state index contributed by atoms with van der Waals surface area (Å²) in [6, 6.07) is 11.1. The summed E-state index contributed by atoms with van der Waals surface area (Å²) < 4.78 is -0.0222. The Labute approximate surface area is 183 Å². The number of hydrogen-bond donors (Lipinski definition) is 4. The average molecular weight is 425 g/mol. The lowest BCUT2D eigenvalue weighted by molar-refractivity contribution is 0.114. The maximum atomic E-state index is 4.87. The van der Waals surface area contributed by atoms with Crippen molar-refractivity contribution in [2.75, 3.05) is 52.4 Å². The largest absolute Gasteiger partial charge is 0.314 e. The van der Waals surface area contributed by atoms with Crippen LogP contribution in [0.15, 0.2) is 30.3 Å². The summed E-state index contributed by atoms with van der Waals surface area (Å²) in [5.74, 6) is 0. The fourth-order valence-electron chi connectivity index (χ4n) is 3.50. The highest BCUT2D eigenvalue weighted by Gasteiger charge is 2.28. The molecule has 0 amide bonds. The molecule has 160 valence electrons. The van der Waals surface area contributed by atoms with Gasteiger partial charge in [-0.15, -0.1) is 0 Å². The number of benzene rings is 1. The van der Waals surface area contributed by atoms with Crippen LogP contribution in [0, 0.1) is 0 Å². The maximum Gasteiger partial charge on any atom is 0.0335 e. The number of nitrogens with zero attached hydrogens (tertiary/aromatic N) is 2. The van der Waals surface area contributed by atoms with E-state index in [1.54, 1.807) is 0 Å². The minimum Gasteiger partial charge on any atom is -0.314 e. The van der Waals surface area contributed by atoms with Crippen LogP contribution >= 0.6 is 25.3 Å². The van der Waals surface area contributed by atoms with Crippen LogP contribution in [-0.4, -0.2) is 77.7 Å². The molecule has 2 rings (SSSR count). The highest BCUT2D eigenvalue weighted by Crippen LogP contribution is 2.19. The van der Waals surface area contributed by atoms with Crippen molar-refractivity contribution < 1.29 is 0 Å². The molecule has 0 saturated carbocycles. The van der Waals surface area contributed by atoms with Gasteiger partial charge in [0, 0.05) is 74.4 Å². The monoisotopic (exact) mass is 424 g/mol. The normalized spacial score (nSPS) is 18.4. The molecule has 0 aromatic heterocycles. The van der Waals surface area contributed by atoms with Gasteiger partial charge in [0.25, 0.3) is 0 Å². The zero-order chi connectivity index (χ0) is 20.6. The molecule has 0 aliphatic carbocycles. The Kier molecular flexibility index (Phi) is 9.64. The zero-order valence-electron chi connectivity index (χ0n) is 18.1. The zero-order valence-corrected chi connectivity index (χ0v) is 19.9. The van der Waals surface area contributed by atoms with E-state index in [0.717, 1.165) is 58.9 Å². The van der Waals surface area contributed by atoms with Crippen molar-refractivity contribution in [3.63, 3.8) is 0 Å². The summed E-state index contributed by atoms with van der Waals surface area (Å²) >= 11 is 9.44. The van der Waals surface area contributed by atoms with Gasteiger partial charge in [0.15, 0.2) is 0 Å². The minimum atomic E-state index is -0.0516. The van der Waals surface area contributed by atoms with Gasteiger partial charge >= 0.3 is 0 Å². The summed E-state index contributed by atoms with van der Waals surface area (Å²) in [5, 5.41) is 7.21. The second-order valence-electron chi connectivity index (χ2n) is 9.21. The lowest BCUT2D eigenvalue weighted by Crippen LogP contribution is -2.55. The molecular weight excluding hydrogens is 384 g/mol. The Hall–Kier alpha value is -0.240. The Morgan fingerprint density at radius 1 is 0.929 bits per heavy atom. The third-order valence-corrected chi connectivity index (χ3v) is 5.73. The smallest absolute Gasteiger partial charge is 0.0335 e. The second kappa shape index (κ2) is 11.2. The van der Waals surface area contributed by atoms with E-state index in [9.17, 15) is 0 Å². The van der Waals surface area contributed by atoms with Crippen molar-refractivity contribution in [1.29, 1.82) is 0 Å².